The number of amides is 1. The molecular weight excluding hydrogens is 416 g/mol. The largest absolute Gasteiger partial charge is 0.455 e. The number of piperidine rings is 1. The highest BCUT2D eigenvalue weighted by atomic mass is 32.2. The van der Waals surface area contributed by atoms with Crippen LogP contribution in [-0.2, 0) is 24.3 Å². The number of pyridine rings is 1. The van der Waals surface area contributed by atoms with Gasteiger partial charge in [0.05, 0.1) is 11.5 Å². The molecular formula is C18H18N4O5S2. The second-order valence-corrected chi connectivity index (χ2v) is 9.15. The molecule has 1 N–H and O–H groups in total. The van der Waals surface area contributed by atoms with E-state index < -0.39 is 34.4 Å². The van der Waals surface area contributed by atoms with E-state index in [0.717, 1.165) is 0 Å². The molecule has 11 heteroatoms. The highest BCUT2D eigenvalue weighted by Crippen LogP contribution is 2.25. The highest BCUT2D eigenvalue weighted by molar-refractivity contribution is 7.89. The Kier molecular flexibility index (Phi) is 6.58. The molecule has 1 aliphatic heterocycles. The number of rotatable bonds is 6. The number of thiophene rings is 1. The molecule has 29 heavy (non-hydrogen) atoms. The Bertz CT molecular complexity index is 1020. The molecule has 9 nitrogen and oxygen atoms in total. The summed E-state index contributed by atoms with van der Waals surface area (Å²) in [4.78, 5) is 28.1. The molecule has 0 radical (unpaired) electrons. The number of anilines is 1. The number of esters is 1. The van der Waals surface area contributed by atoms with Gasteiger partial charge in [-0.25, -0.2) is 8.42 Å². The number of hydrogen-bond donors (Lipinski definition) is 1. The Hall–Kier alpha value is -2.81. The van der Waals surface area contributed by atoms with Gasteiger partial charge in [0.15, 0.2) is 6.61 Å². The molecule has 3 rings (SSSR count). The SMILES string of the molecule is N#Cc1ccsc1NC(=O)COC(=O)C1CCN(S(=O)(=O)c2cccnc2)CC1. The molecule has 1 saturated heterocycles. The monoisotopic (exact) mass is 434 g/mol. The van der Waals surface area contributed by atoms with Crippen molar-refractivity contribution in [2.45, 2.75) is 17.7 Å². The lowest BCUT2D eigenvalue weighted by atomic mass is 9.98. The quantitative estimate of drug-likeness (QED) is 0.684. The van der Waals surface area contributed by atoms with E-state index in [1.165, 1.54) is 34.1 Å². The van der Waals surface area contributed by atoms with Crippen molar-refractivity contribution in [2.24, 2.45) is 5.92 Å². The van der Waals surface area contributed by atoms with E-state index in [4.69, 9.17) is 10.00 Å². The number of ether oxygens (including phenoxy) is 1. The van der Waals surface area contributed by atoms with Gasteiger partial charge in [0.25, 0.3) is 5.91 Å². The van der Waals surface area contributed by atoms with Gasteiger partial charge in [-0.05, 0) is 36.4 Å². The third-order valence-corrected chi connectivity index (χ3v) is 7.16. The Balaban J connectivity index is 1.48. The van der Waals surface area contributed by atoms with Crippen LogP contribution in [0.4, 0.5) is 5.00 Å². The van der Waals surface area contributed by atoms with E-state index in [1.54, 1.807) is 17.5 Å². The minimum Gasteiger partial charge on any atom is -0.455 e. The summed E-state index contributed by atoms with van der Waals surface area (Å²) in [6.45, 7) is -0.0936. The smallest absolute Gasteiger partial charge is 0.309 e. The molecule has 0 aliphatic carbocycles. The van der Waals surface area contributed by atoms with Crippen LogP contribution >= 0.6 is 11.3 Å². The fraction of sp³-hybridized carbons (Fsp3) is 0.333. The van der Waals surface area contributed by atoms with Crippen LogP contribution in [0.15, 0.2) is 40.9 Å². The molecule has 0 saturated carbocycles. The predicted octanol–water partition coefficient (Wildman–Crippen LogP) is 1.60. The number of nitrogens with zero attached hydrogens (tertiary/aromatic N) is 3. The van der Waals surface area contributed by atoms with Crippen molar-refractivity contribution in [3.05, 3.63) is 41.5 Å². The zero-order valence-corrected chi connectivity index (χ0v) is 16.9. The maximum absolute atomic E-state index is 12.6. The van der Waals surface area contributed by atoms with E-state index in [2.05, 4.69) is 10.3 Å². The van der Waals surface area contributed by atoms with Crippen molar-refractivity contribution in [3.8, 4) is 6.07 Å². The van der Waals surface area contributed by atoms with Crippen molar-refractivity contribution in [2.75, 3.05) is 25.0 Å². The summed E-state index contributed by atoms with van der Waals surface area (Å²) < 4.78 is 31.5. The zero-order valence-electron chi connectivity index (χ0n) is 15.3. The van der Waals surface area contributed by atoms with E-state index in [1.807, 2.05) is 6.07 Å². The second-order valence-electron chi connectivity index (χ2n) is 6.30. The number of carbonyl (C=O) groups is 2. The van der Waals surface area contributed by atoms with Crippen LogP contribution < -0.4 is 5.32 Å². The zero-order chi connectivity index (χ0) is 20.9. The molecule has 0 aromatic carbocycles. The summed E-state index contributed by atoms with van der Waals surface area (Å²) in [5, 5.41) is 13.5. The summed E-state index contributed by atoms with van der Waals surface area (Å²) in [5.74, 6) is -1.54. The summed E-state index contributed by atoms with van der Waals surface area (Å²) in [6, 6.07) is 6.57. The number of carbonyl (C=O) groups excluding carboxylic acids is 2. The fourth-order valence-electron chi connectivity index (χ4n) is 2.89. The van der Waals surface area contributed by atoms with Gasteiger partial charge in [-0.15, -0.1) is 11.3 Å². The maximum atomic E-state index is 12.6. The van der Waals surface area contributed by atoms with Crippen molar-refractivity contribution in [3.63, 3.8) is 0 Å². The lowest BCUT2D eigenvalue weighted by molar-refractivity contribution is -0.152. The number of nitrogens with one attached hydrogen (secondary N) is 1. The van der Waals surface area contributed by atoms with Crippen LogP contribution in [0, 0.1) is 17.2 Å². The summed E-state index contributed by atoms with van der Waals surface area (Å²) in [7, 11) is -3.64. The van der Waals surface area contributed by atoms with Crippen molar-refractivity contribution >= 4 is 38.2 Å². The Morgan fingerprint density at radius 1 is 1.34 bits per heavy atom. The van der Waals surface area contributed by atoms with Gasteiger partial charge >= 0.3 is 5.97 Å². The normalized spacial score (nSPS) is 15.4. The minimum atomic E-state index is -3.64. The molecule has 2 aromatic heterocycles. The van der Waals surface area contributed by atoms with Gasteiger partial charge in [-0.3, -0.25) is 14.6 Å². The van der Waals surface area contributed by atoms with Crippen LogP contribution in [0.5, 0.6) is 0 Å². The third-order valence-electron chi connectivity index (χ3n) is 4.44. The number of hydrogen-bond acceptors (Lipinski definition) is 8. The van der Waals surface area contributed by atoms with Crippen LogP contribution in [-0.4, -0.2) is 49.3 Å². The van der Waals surface area contributed by atoms with E-state index in [-0.39, 0.29) is 18.0 Å². The van der Waals surface area contributed by atoms with E-state index in [9.17, 15) is 18.0 Å². The number of nitriles is 1. The second kappa shape index (κ2) is 9.13. The Labute approximate surface area is 172 Å². The molecule has 0 spiro atoms. The predicted molar refractivity (Wildman–Crippen MR) is 104 cm³/mol. The van der Waals surface area contributed by atoms with Crippen LogP contribution in [0.3, 0.4) is 0 Å². The first-order chi connectivity index (χ1) is 13.9. The molecule has 0 bridgehead atoms. The summed E-state index contributed by atoms with van der Waals surface area (Å²) in [5.41, 5.74) is 0.344. The molecule has 0 atom stereocenters. The molecule has 1 aliphatic rings. The van der Waals surface area contributed by atoms with Crippen LogP contribution in [0.1, 0.15) is 18.4 Å². The minimum absolute atomic E-state index is 0.114. The average molecular weight is 434 g/mol. The van der Waals surface area contributed by atoms with Crippen molar-refractivity contribution < 1.29 is 22.7 Å². The molecule has 1 fully saturated rings. The number of aromatic nitrogens is 1. The van der Waals surface area contributed by atoms with E-state index >= 15 is 0 Å². The molecule has 3 heterocycles. The molecule has 152 valence electrons. The molecule has 0 unspecified atom stereocenters. The Morgan fingerprint density at radius 2 is 2.10 bits per heavy atom. The first-order valence-electron chi connectivity index (χ1n) is 8.76. The van der Waals surface area contributed by atoms with Gasteiger partial charge in [-0.1, -0.05) is 0 Å². The van der Waals surface area contributed by atoms with Crippen LogP contribution in [0.2, 0.25) is 0 Å². The summed E-state index contributed by atoms with van der Waals surface area (Å²) >= 11 is 1.20. The average Bonchev–Trinajstić information content (AvgIpc) is 3.19. The lowest BCUT2D eigenvalue weighted by Gasteiger charge is -2.29. The van der Waals surface area contributed by atoms with Crippen molar-refractivity contribution in [1.29, 1.82) is 5.26 Å². The van der Waals surface area contributed by atoms with Gasteiger partial charge in [0.2, 0.25) is 10.0 Å². The molecule has 2 aromatic rings. The summed E-state index contributed by atoms with van der Waals surface area (Å²) in [6.07, 6.45) is 3.41. The maximum Gasteiger partial charge on any atom is 0.309 e. The third kappa shape index (κ3) is 4.97. The molecule has 1 amide bonds. The van der Waals surface area contributed by atoms with Gasteiger partial charge < -0.3 is 10.1 Å². The van der Waals surface area contributed by atoms with Gasteiger partial charge in [0, 0.05) is 25.5 Å². The first-order valence-corrected chi connectivity index (χ1v) is 11.1. The highest BCUT2D eigenvalue weighted by Gasteiger charge is 2.33. The van der Waals surface area contributed by atoms with Crippen molar-refractivity contribution in [1.82, 2.24) is 9.29 Å². The van der Waals surface area contributed by atoms with Crippen LogP contribution in [0.25, 0.3) is 0 Å². The Morgan fingerprint density at radius 3 is 2.76 bits per heavy atom. The lowest BCUT2D eigenvalue weighted by Crippen LogP contribution is -2.40. The topological polar surface area (TPSA) is 129 Å². The fourth-order valence-corrected chi connectivity index (χ4v) is 5.08. The standard InChI is InChI=1S/C18H18N4O5S2/c19-10-14-5-9-28-17(14)21-16(23)12-27-18(24)13-3-7-22(8-4-13)29(25,26)15-2-1-6-20-11-15/h1-2,5-6,9,11,13H,3-4,7-8,12H2,(H,21,23). The first kappa shape index (κ1) is 20.9. The number of sulfonamides is 1. The van der Waals surface area contributed by atoms with Gasteiger partial charge in [-0.2, -0.15) is 9.57 Å². The van der Waals surface area contributed by atoms with Gasteiger partial charge in [0.1, 0.15) is 16.0 Å². The van der Waals surface area contributed by atoms with E-state index in [0.29, 0.717) is 23.4 Å².